The molecule has 4 aromatic rings. The zero-order valence-corrected chi connectivity index (χ0v) is 18.0. The van der Waals surface area contributed by atoms with E-state index in [0.717, 1.165) is 0 Å². The normalized spacial score (nSPS) is 11.3. The van der Waals surface area contributed by atoms with E-state index in [1.807, 2.05) is 0 Å². The lowest BCUT2D eigenvalue weighted by molar-refractivity contribution is -0.384. The van der Waals surface area contributed by atoms with Crippen LogP contribution in [0.1, 0.15) is 11.6 Å². The van der Waals surface area contributed by atoms with Crippen LogP contribution in [-0.4, -0.2) is 30.6 Å². The van der Waals surface area contributed by atoms with Gasteiger partial charge in [0.25, 0.3) is 11.6 Å². The van der Waals surface area contributed by atoms with Crippen LogP contribution in [0.25, 0.3) is 11.5 Å². The summed E-state index contributed by atoms with van der Waals surface area (Å²) < 4.78 is 46.1. The molecule has 12 heteroatoms. The van der Waals surface area contributed by atoms with Gasteiger partial charge in [-0.1, -0.05) is 5.16 Å². The first-order chi connectivity index (χ1) is 15.8. The highest BCUT2D eigenvalue weighted by molar-refractivity contribution is 7.89. The van der Waals surface area contributed by atoms with Crippen molar-refractivity contribution in [3.05, 3.63) is 82.6 Å². The number of non-ortho nitro benzene ring substituents is 1. The minimum atomic E-state index is -3.64. The number of benzene rings is 2. The van der Waals surface area contributed by atoms with E-state index < -0.39 is 20.5 Å². The van der Waals surface area contributed by atoms with E-state index in [9.17, 15) is 18.5 Å². The molecular formula is C21H17N3O8S. The molecule has 4 rings (SSSR count). The van der Waals surface area contributed by atoms with Crippen LogP contribution in [0.5, 0.6) is 17.2 Å². The highest BCUT2D eigenvalue weighted by atomic mass is 32.2. The van der Waals surface area contributed by atoms with Gasteiger partial charge in [-0.3, -0.25) is 10.1 Å². The smallest absolute Gasteiger partial charge is 0.270 e. The van der Waals surface area contributed by atoms with E-state index in [1.165, 1.54) is 31.6 Å². The first kappa shape index (κ1) is 22.0. The lowest BCUT2D eigenvalue weighted by Gasteiger charge is -2.09. The molecule has 0 aliphatic carbocycles. The van der Waals surface area contributed by atoms with Gasteiger partial charge in [-0.25, -0.2) is 8.42 Å². The molecule has 0 amide bonds. The van der Waals surface area contributed by atoms with E-state index >= 15 is 0 Å². The van der Waals surface area contributed by atoms with E-state index in [-0.39, 0.29) is 40.2 Å². The Kier molecular flexibility index (Phi) is 6.09. The summed E-state index contributed by atoms with van der Waals surface area (Å²) in [6, 6.07) is 13.7. The molecule has 0 atom stereocenters. The predicted octanol–water partition coefficient (Wildman–Crippen LogP) is 4.15. The lowest BCUT2D eigenvalue weighted by Crippen LogP contribution is -2.08. The van der Waals surface area contributed by atoms with Crippen LogP contribution in [0.4, 0.5) is 5.69 Å². The van der Waals surface area contributed by atoms with Gasteiger partial charge in [0.05, 0.1) is 23.9 Å². The van der Waals surface area contributed by atoms with E-state index in [4.69, 9.17) is 18.4 Å². The van der Waals surface area contributed by atoms with Crippen molar-refractivity contribution in [3.8, 4) is 28.7 Å². The number of aromatic nitrogens is 2. The maximum absolute atomic E-state index is 12.4. The standard InChI is InChI=1S/C21H17N3O8S/c1-29-15-5-7-16(8-6-15)31-19-9-4-14(24(25)26)11-18(19)21-22-20(23-32-21)13-33(27,28)12-17-3-2-10-30-17/h2-11H,12-13H2,1H3. The monoisotopic (exact) mass is 471 g/mol. The van der Waals surface area contributed by atoms with Crippen LogP contribution in [0, 0.1) is 10.1 Å². The maximum Gasteiger partial charge on any atom is 0.270 e. The molecule has 170 valence electrons. The SMILES string of the molecule is COc1ccc(Oc2ccc([N+](=O)[O-])cc2-c2nc(CS(=O)(=O)Cc3ccco3)no2)cc1. The van der Waals surface area contributed by atoms with Gasteiger partial charge in [0.1, 0.15) is 34.5 Å². The molecule has 11 nitrogen and oxygen atoms in total. The molecule has 0 bridgehead atoms. The average Bonchev–Trinajstić information content (AvgIpc) is 3.46. The summed E-state index contributed by atoms with van der Waals surface area (Å²) in [6.07, 6.45) is 1.38. The molecule has 2 aromatic carbocycles. The van der Waals surface area contributed by atoms with Gasteiger partial charge in [-0.15, -0.1) is 0 Å². The van der Waals surface area contributed by atoms with Crippen molar-refractivity contribution >= 4 is 15.5 Å². The molecule has 0 spiro atoms. The fourth-order valence-corrected chi connectivity index (χ4v) is 4.15. The number of methoxy groups -OCH3 is 1. The second kappa shape index (κ2) is 9.12. The summed E-state index contributed by atoms with van der Waals surface area (Å²) in [4.78, 5) is 14.8. The Morgan fingerprint density at radius 1 is 1.06 bits per heavy atom. The van der Waals surface area contributed by atoms with Crippen molar-refractivity contribution in [2.45, 2.75) is 11.5 Å². The molecule has 0 fully saturated rings. The highest BCUT2D eigenvalue weighted by Crippen LogP contribution is 2.36. The summed E-state index contributed by atoms with van der Waals surface area (Å²) >= 11 is 0. The minimum Gasteiger partial charge on any atom is -0.497 e. The summed E-state index contributed by atoms with van der Waals surface area (Å²) in [5.74, 6) is 0.513. The second-order valence-electron chi connectivity index (χ2n) is 6.84. The van der Waals surface area contributed by atoms with E-state index in [0.29, 0.717) is 11.5 Å². The van der Waals surface area contributed by atoms with Crippen LogP contribution in [-0.2, 0) is 21.3 Å². The summed E-state index contributed by atoms with van der Waals surface area (Å²) in [7, 11) is -2.11. The van der Waals surface area contributed by atoms with Crippen LogP contribution in [0.3, 0.4) is 0 Å². The van der Waals surface area contributed by atoms with Crippen molar-refractivity contribution in [1.29, 1.82) is 0 Å². The Morgan fingerprint density at radius 2 is 1.82 bits per heavy atom. The molecule has 2 heterocycles. The lowest BCUT2D eigenvalue weighted by atomic mass is 10.1. The third kappa shape index (κ3) is 5.36. The molecule has 0 N–H and O–H groups in total. The molecule has 33 heavy (non-hydrogen) atoms. The molecular weight excluding hydrogens is 454 g/mol. The molecule has 0 radical (unpaired) electrons. The van der Waals surface area contributed by atoms with Crippen LogP contribution < -0.4 is 9.47 Å². The molecule has 0 saturated carbocycles. The molecule has 0 unspecified atom stereocenters. The first-order valence-corrected chi connectivity index (χ1v) is 11.3. The number of hydrogen-bond acceptors (Lipinski definition) is 10. The van der Waals surface area contributed by atoms with Gasteiger partial charge in [-0.2, -0.15) is 4.98 Å². The van der Waals surface area contributed by atoms with Crippen molar-refractivity contribution in [2.75, 3.05) is 7.11 Å². The van der Waals surface area contributed by atoms with Crippen LogP contribution >= 0.6 is 0 Å². The number of sulfone groups is 1. The predicted molar refractivity (Wildman–Crippen MR) is 114 cm³/mol. The van der Waals surface area contributed by atoms with Crippen LogP contribution in [0.2, 0.25) is 0 Å². The van der Waals surface area contributed by atoms with Gasteiger partial charge in [0.15, 0.2) is 15.7 Å². The zero-order chi connectivity index (χ0) is 23.4. The Balaban J connectivity index is 1.62. The average molecular weight is 471 g/mol. The Morgan fingerprint density at radius 3 is 2.48 bits per heavy atom. The van der Waals surface area contributed by atoms with Crippen molar-refractivity contribution in [2.24, 2.45) is 0 Å². The highest BCUT2D eigenvalue weighted by Gasteiger charge is 2.23. The van der Waals surface area contributed by atoms with E-state index in [2.05, 4.69) is 10.1 Å². The third-order valence-electron chi connectivity index (χ3n) is 4.45. The number of furan rings is 1. The van der Waals surface area contributed by atoms with Crippen molar-refractivity contribution in [3.63, 3.8) is 0 Å². The second-order valence-corrected chi connectivity index (χ2v) is 8.91. The fourth-order valence-electron chi connectivity index (χ4n) is 2.94. The summed E-state index contributed by atoms with van der Waals surface area (Å²) in [6.45, 7) is 0. The van der Waals surface area contributed by atoms with Gasteiger partial charge >= 0.3 is 0 Å². The van der Waals surface area contributed by atoms with E-state index in [1.54, 1.807) is 36.4 Å². The third-order valence-corrected chi connectivity index (χ3v) is 5.87. The number of ether oxygens (including phenoxy) is 2. The van der Waals surface area contributed by atoms with Gasteiger partial charge in [0, 0.05) is 12.1 Å². The Bertz CT molecular complexity index is 1360. The largest absolute Gasteiger partial charge is 0.497 e. The zero-order valence-electron chi connectivity index (χ0n) is 17.2. The van der Waals surface area contributed by atoms with Gasteiger partial charge < -0.3 is 18.4 Å². The Hall–Kier alpha value is -4.19. The summed E-state index contributed by atoms with van der Waals surface area (Å²) in [5, 5.41) is 15.0. The summed E-state index contributed by atoms with van der Waals surface area (Å²) in [5.41, 5.74) is -0.0838. The van der Waals surface area contributed by atoms with Crippen molar-refractivity contribution in [1.82, 2.24) is 10.1 Å². The molecule has 0 saturated heterocycles. The quantitative estimate of drug-likeness (QED) is 0.257. The number of rotatable bonds is 9. The number of hydrogen-bond donors (Lipinski definition) is 0. The van der Waals surface area contributed by atoms with Gasteiger partial charge in [0.2, 0.25) is 0 Å². The Labute approximate surface area is 187 Å². The van der Waals surface area contributed by atoms with Crippen molar-refractivity contribution < 1.29 is 31.8 Å². The molecule has 0 aliphatic rings. The number of nitro groups is 1. The number of nitro benzene ring substituents is 1. The number of nitrogens with zero attached hydrogens (tertiary/aromatic N) is 3. The maximum atomic E-state index is 12.4. The van der Waals surface area contributed by atoms with Crippen LogP contribution in [0.15, 0.2) is 69.8 Å². The minimum absolute atomic E-state index is 0.0986. The topological polar surface area (TPSA) is 148 Å². The molecule has 0 aliphatic heterocycles. The fraction of sp³-hybridized carbons (Fsp3) is 0.143. The first-order valence-electron chi connectivity index (χ1n) is 9.49. The van der Waals surface area contributed by atoms with Gasteiger partial charge in [-0.05, 0) is 42.5 Å². The molecule has 2 aromatic heterocycles.